The zero-order valence-electron chi connectivity index (χ0n) is 10.1. The fraction of sp³-hybridized carbons (Fsp3) is 0.429. The largest absolute Gasteiger partial charge is 0.380 e. The van der Waals surface area contributed by atoms with Crippen molar-refractivity contribution >= 4 is 10.9 Å². The van der Waals surface area contributed by atoms with Gasteiger partial charge in [0.15, 0.2) is 0 Å². The summed E-state index contributed by atoms with van der Waals surface area (Å²) in [6, 6.07) is 8.69. The molecule has 0 unspecified atom stereocenters. The van der Waals surface area contributed by atoms with Gasteiger partial charge in [-0.15, -0.1) is 0 Å². The highest BCUT2D eigenvalue weighted by Crippen LogP contribution is 2.20. The molecule has 0 aliphatic carbocycles. The van der Waals surface area contributed by atoms with Gasteiger partial charge < -0.3 is 9.30 Å². The predicted octanol–water partition coefficient (Wildman–Crippen LogP) is 3.24. The van der Waals surface area contributed by atoms with Gasteiger partial charge in [-0.25, -0.2) is 0 Å². The molecule has 2 nitrogen and oxygen atoms in total. The summed E-state index contributed by atoms with van der Waals surface area (Å²) in [6.45, 7) is 6.76. The van der Waals surface area contributed by atoms with Gasteiger partial charge in [-0.3, -0.25) is 0 Å². The lowest BCUT2D eigenvalue weighted by Crippen LogP contribution is -2.05. The van der Waals surface area contributed by atoms with E-state index in [0.29, 0.717) is 0 Å². The third-order valence-corrected chi connectivity index (χ3v) is 2.93. The number of aromatic nitrogens is 1. The van der Waals surface area contributed by atoms with Crippen LogP contribution in [0.5, 0.6) is 0 Å². The van der Waals surface area contributed by atoms with E-state index in [2.05, 4.69) is 42.0 Å². The van der Waals surface area contributed by atoms with Crippen molar-refractivity contribution in [2.75, 3.05) is 13.2 Å². The number of ether oxygens (including phenoxy) is 1. The van der Waals surface area contributed by atoms with Crippen molar-refractivity contribution in [1.29, 1.82) is 0 Å². The Morgan fingerprint density at radius 1 is 1.19 bits per heavy atom. The standard InChI is InChI=1S/C14H19NO/c1-3-12-6-5-7-13-8-9-15(14(12)13)10-11-16-4-2/h5-9H,3-4,10-11H2,1-2H3. The Morgan fingerprint density at radius 2 is 2.06 bits per heavy atom. The molecule has 0 saturated carbocycles. The van der Waals surface area contributed by atoms with E-state index >= 15 is 0 Å². The first-order valence-electron chi connectivity index (χ1n) is 6.01. The number of nitrogens with zero attached hydrogens (tertiary/aromatic N) is 1. The first-order valence-corrected chi connectivity index (χ1v) is 6.01. The Morgan fingerprint density at radius 3 is 2.81 bits per heavy atom. The molecule has 1 aromatic carbocycles. The van der Waals surface area contributed by atoms with Crippen LogP contribution in [-0.4, -0.2) is 17.8 Å². The lowest BCUT2D eigenvalue weighted by atomic mass is 10.1. The topological polar surface area (TPSA) is 14.2 Å². The maximum absolute atomic E-state index is 5.41. The molecule has 0 amide bonds. The van der Waals surface area contributed by atoms with Crippen molar-refractivity contribution in [1.82, 2.24) is 4.57 Å². The number of rotatable bonds is 5. The molecule has 0 aliphatic heterocycles. The Kier molecular flexibility index (Phi) is 3.62. The van der Waals surface area contributed by atoms with Crippen LogP contribution in [0.25, 0.3) is 10.9 Å². The molecule has 2 heteroatoms. The Bertz CT molecular complexity index is 459. The molecule has 0 spiro atoms. The lowest BCUT2D eigenvalue weighted by Gasteiger charge is -2.08. The molecule has 16 heavy (non-hydrogen) atoms. The predicted molar refractivity (Wildman–Crippen MR) is 67.8 cm³/mol. The van der Waals surface area contributed by atoms with E-state index in [9.17, 15) is 0 Å². The summed E-state index contributed by atoms with van der Waals surface area (Å²) < 4.78 is 7.70. The number of hydrogen-bond donors (Lipinski definition) is 0. The molecule has 1 aromatic heterocycles. The summed E-state index contributed by atoms with van der Waals surface area (Å²) in [5.41, 5.74) is 2.78. The van der Waals surface area contributed by atoms with Crippen LogP contribution in [0, 0.1) is 0 Å². The van der Waals surface area contributed by atoms with Crippen molar-refractivity contribution in [3.8, 4) is 0 Å². The minimum Gasteiger partial charge on any atom is -0.380 e. The Hall–Kier alpha value is -1.28. The molecule has 1 heterocycles. The first kappa shape index (κ1) is 11.2. The van der Waals surface area contributed by atoms with Crippen molar-refractivity contribution in [2.45, 2.75) is 26.8 Å². The second-order valence-corrected chi connectivity index (χ2v) is 3.91. The van der Waals surface area contributed by atoms with Crippen LogP contribution in [0.4, 0.5) is 0 Å². The fourth-order valence-corrected chi connectivity index (χ4v) is 2.12. The average molecular weight is 217 g/mol. The molecule has 0 bridgehead atoms. The molecule has 0 radical (unpaired) electrons. The van der Waals surface area contributed by atoms with E-state index < -0.39 is 0 Å². The normalized spacial score (nSPS) is 11.1. The summed E-state index contributed by atoms with van der Waals surface area (Å²) in [5, 5.41) is 1.33. The quantitative estimate of drug-likeness (QED) is 0.701. The van der Waals surface area contributed by atoms with Crippen molar-refractivity contribution < 1.29 is 4.74 Å². The van der Waals surface area contributed by atoms with Gasteiger partial charge in [0.25, 0.3) is 0 Å². The minimum absolute atomic E-state index is 0.790. The van der Waals surface area contributed by atoms with Crippen LogP contribution in [0.15, 0.2) is 30.5 Å². The zero-order valence-corrected chi connectivity index (χ0v) is 10.1. The number of hydrogen-bond acceptors (Lipinski definition) is 1. The number of aryl methyl sites for hydroxylation is 1. The fourth-order valence-electron chi connectivity index (χ4n) is 2.12. The van der Waals surface area contributed by atoms with Crippen LogP contribution in [0.3, 0.4) is 0 Å². The molecule has 2 aromatic rings. The van der Waals surface area contributed by atoms with Crippen LogP contribution < -0.4 is 0 Å². The second kappa shape index (κ2) is 5.17. The monoisotopic (exact) mass is 217 g/mol. The molecular formula is C14H19NO. The van der Waals surface area contributed by atoms with Gasteiger partial charge in [-0.1, -0.05) is 25.1 Å². The van der Waals surface area contributed by atoms with E-state index in [0.717, 1.165) is 26.2 Å². The zero-order chi connectivity index (χ0) is 11.4. The molecular weight excluding hydrogens is 198 g/mol. The maximum atomic E-state index is 5.41. The number of fused-ring (bicyclic) bond motifs is 1. The van der Waals surface area contributed by atoms with Crippen LogP contribution in [0.1, 0.15) is 19.4 Å². The third-order valence-electron chi connectivity index (χ3n) is 2.93. The summed E-state index contributed by atoms with van der Waals surface area (Å²) in [6.07, 6.45) is 3.23. The molecule has 0 saturated heterocycles. The average Bonchev–Trinajstić information content (AvgIpc) is 2.73. The summed E-state index contributed by atoms with van der Waals surface area (Å²) >= 11 is 0. The highest BCUT2D eigenvalue weighted by Gasteiger charge is 2.04. The van der Waals surface area contributed by atoms with Crippen molar-refractivity contribution in [3.05, 3.63) is 36.0 Å². The van der Waals surface area contributed by atoms with E-state index in [4.69, 9.17) is 4.74 Å². The van der Waals surface area contributed by atoms with E-state index in [1.807, 2.05) is 6.92 Å². The van der Waals surface area contributed by atoms with E-state index in [1.54, 1.807) is 0 Å². The lowest BCUT2D eigenvalue weighted by molar-refractivity contribution is 0.140. The molecule has 0 atom stereocenters. The summed E-state index contributed by atoms with van der Waals surface area (Å²) in [4.78, 5) is 0. The third kappa shape index (κ3) is 2.12. The number of para-hydroxylation sites is 1. The van der Waals surface area contributed by atoms with Crippen LogP contribution >= 0.6 is 0 Å². The van der Waals surface area contributed by atoms with Gasteiger partial charge >= 0.3 is 0 Å². The van der Waals surface area contributed by atoms with Gasteiger partial charge in [0.2, 0.25) is 0 Å². The SMILES string of the molecule is CCOCCn1ccc2cccc(CC)c21. The van der Waals surface area contributed by atoms with Gasteiger partial charge in [0, 0.05) is 19.3 Å². The first-order chi connectivity index (χ1) is 7.86. The highest BCUT2D eigenvalue weighted by atomic mass is 16.5. The molecule has 2 rings (SSSR count). The highest BCUT2D eigenvalue weighted by molar-refractivity contribution is 5.83. The van der Waals surface area contributed by atoms with Crippen molar-refractivity contribution in [3.63, 3.8) is 0 Å². The molecule has 86 valence electrons. The minimum atomic E-state index is 0.790. The van der Waals surface area contributed by atoms with Gasteiger partial charge in [0.05, 0.1) is 12.1 Å². The van der Waals surface area contributed by atoms with Gasteiger partial charge in [0.1, 0.15) is 0 Å². The summed E-state index contributed by atoms with van der Waals surface area (Å²) in [7, 11) is 0. The Labute approximate surface area is 96.8 Å². The van der Waals surface area contributed by atoms with E-state index in [1.165, 1.54) is 16.5 Å². The smallest absolute Gasteiger partial charge is 0.0645 e. The van der Waals surface area contributed by atoms with Crippen LogP contribution in [-0.2, 0) is 17.7 Å². The van der Waals surface area contributed by atoms with Crippen LogP contribution in [0.2, 0.25) is 0 Å². The maximum Gasteiger partial charge on any atom is 0.0645 e. The molecule has 0 aliphatic rings. The van der Waals surface area contributed by atoms with Gasteiger partial charge in [-0.05, 0) is 30.4 Å². The molecule has 0 fully saturated rings. The van der Waals surface area contributed by atoms with Gasteiger partial charge in [-0.2, -0.15) is 0 Å². The van der Waals surface area contributed by atoms with E-state index in [-0.39, 0.29) is 0 Å². The Balaban J connectivity index is 2.30. The second-order valence-electron chi connectivity index (χ2n) is 3.91. The molecule has 0 N–H and O–H groups in total. The summed E-state index contributed by atoms with van der Waals surface area (Å²) in [5.74, 6) is 0. The number of benzene rings is 1. The van der Waals surface area contributed by atoms with Crippen molar-refractivity contribution in [2.24, 2.45) is 0 Å².